The third-order valence-electron chi connectivity index (χ3n) is 3.71. The third kappa shape index (κ3) is 3.43. The summed E-state index contributed by atoms with van der Waals surface area (Å²) in [6.07, 6.45) is 3.49. The largest absolute Gasteiger partial charge is 0.496 e. The van der Waals surface area contributed by atoms with Crippen molar-refractivity contribution in [2.75, 3.05) is 12.0 Å². The van der Waals surface area contributed by atoms with Crippen molar-refractivity contribution in [3.05, 3.63) is 90.3 Å². The number of amides is 1. The molecule has 0 saturated carbocycles. The van der Waals surface area contributed by atoms with Gasteiger partial charge in [-0.1, -0.05) is 36.4 Å². The minimum Gasteiger partial charge on any atom is -0.496 e. The van der Waals surface area contributed by atoms with Crippen LogP contribution in [0.1, 0.15) is 15.9 Å². The van der Waals surface area contributed by atoms with Crippen molar-refractivity contribution >= 4 is 11.6 Å². The van der Waals surface area contributed by atoms with Gasteiger partial charge in [0.1, 0.15) is 5.75 Å². The van der Waals surface area contributed by atoms with Gasteiger partial charge in [0.15, 0.2) is 0 Å². The van der Waals surface area contributed by atoms with Crippen LogP contribution in [0.4, 0.5) is 5.69 Å². The number of hydrogen-bond donors (Lipinski definition) is 0. The van der Waals surface area contributed by atoms with Gasteiger partial charge in [-0.2, -0.15) is 0 Å². The Kier molecular flexibility index (Phi) is 4.87. The Labute approximate surface area is 141 Å². The lowest BCUT2D eigenvalue weighted by Crippen LogP contribution is -2.30. The maximum absolute atomic E-state index is 13.2. The van der Waals surface area contributed by atoms with Crippen LogP contribution in [0.25, 0.3) is 0 Å². The van der Waals surface area contributed by atoms with Gasteiger partial charge >= 0.3 is 0 Å². The van der Waals surface area contributed by atoms with Crippen molar-refractivity contribution in [3.8, 4) is 5.75 Å². The maximum atomic E-state index is 13.2. The fraction of sp³-hybridized carbons (Fsp3) is 0.100. The minimum atomic E-state index is -0.109. The van der Waals surface area contributed by atoms with Gasteiger partial charge in [0.25, 0.3) is 5.91 Å². The number of ether oxygens (including phenoxy) is 1. The van der Waals surface area contributed by atoms with Gasteiger partial charge in [-0.3, -0.25) is 9.78 Å². The predicted molar refractivity (Wildman–Crippen MR) is 94.2 cm³/mol. The lowest BCUT2D eigenvalue weighted by molar-refractivity contribution is 0.0982. The van der Waals surface area contributed by atoms with Crippen molar-refractivity contribution in [2.45, 2.75) is 6.54 Å². The van der Waals surface area contributed by atoms with Gasteiger partial charge in [-0.25, -0.2) is 0 Å². The van der Waals surface area contributed by atoms with Gasteiger partial charge in [-0.05, 0) is 35.9 Å². The van der Waals surface area contributed by atoms with Crippen LogP contribution in [0.2, 0.25) is 0 Å². The van der Waals surface area contributed by atoms with E-state index in [9.17, 15) is 4.79 Å². The Morgan fingerprint density at radius 3 is 2.46 bits per heavy atom. The highest BCUT2D eigenvalue weighted by molar-refractivity contribution is 6.07. The first kappa shape index (κ1) is 15.7. The molecule has 4 nitrogen and oxygen atoms in total. The first-order chi connectivity index (χ1) is 11.8. The molecule has 0 aliphatic heterocycles. The quantitative estimate of drug-likeness (QED) is 0.715. The SMILES string of the molecule is COc1ccccc1C(=O)N(Cc1cccnc1)c1ccccc1. The molecule has 3 rings (SSSR count). The standard InChI is InChI=1S/C20H18N2O2/c1-24-19-12-6-5-11-18(19)20(23)22(17-9-3-2-4-10-17)15-16-8-7-13-21-14-16/h2-14H,15H2,1H3. The van der Waals surface area contributed by atoms with E-state index >= 15 is 0 Å². The van der Waals surface area contributed by atoms with Crippen LogP contribution < -0.4 is 9.64 Å². The average molecular weight is 318 g/mol. The molecule has 24 heavy (non-hydrogen) atoms. The van der Waals surface area contributed by atoms with Crippen LogP contribution in [0, 0.1) is 0 Å². The lowest BCUT2D eigenvalue weighted by Gasteiger charge is -2.24. The molecule has 0 fully saturated rings. The molecule has 0 radical (unpaired) electrons. The molecule has 0 aliphatic carbocycles. The zero-order valence-electron chi connectivity index (χ0n) is 13.4. The number of benzene rings is 2. The van der Waals surface area contributed by atoms with E-state index in [0.717, 1.165) is 11.3 Å². The molecule has 0 aliphatic rings. The summed E-state index contributed by atoms with van der Waals surface area (Å²) in [6.45, 7) is 0.439. The van der Waals surface area contributed by atoms with E-state index in [1.165, 1.54) is 0 Å². The molecule has 1 aromatic heterocycles. The summed E-state index contributed by atoms with van der Waals surface area (Å²) in [4.78, 5) is 19.0. The summed E-state index contributed by atoms with van der Waals surface area (Å²) in [6, 6.07) is 20.7. The number of rotatable bonds is 5. The third-order valence-corrected chi connectivity index (χ3v) is 3.71. The summed E-state index contributed by atoms with van der Waals surface area (Å²) in [5.41, 5.74) is 2.33. The summed E-state index contributed by atoms with van der Waals surface area (Å²) >= 11 is 0. The first-order valence-corrected chi connectivity index (χ1v) is 7.68. The zero-order chi connectivity index (χ0) is 16.8. The second-order valence-electron chi connectivity index (χ2n) is 5.29. The second kappa shape index (κ2) is 7.42. The van der Waals surface area contributed by atoms with Crippen LogP contribution in [-0.4, -0.2) is 18.0 Å². The highest BCUT2D eigenvalue weighted by Gasteiger charge is 2.21. The summed E-state index contributed by atoms with van der Waals surface area (Å²) < 4.78 is 5.34. The van der Waals surface area contributed by atoms with Crippen molar-refractivity contribution in [1.29, 1.82) is 0 Å². The van der Waals surface area contributed by atoms with E-state index in [1.807, 2.05) is 54.6 Å². The van der Waals surface area contributed by atoms with E-state index in [4.69, 9.17) is 4.74 Å². The molecule has 2 aromatic carbocycles. The molecule has 0 unspecified atom stereocenters. The number of nitrogens with zero attached hydrogens (tertiary/aromatic N) is 2. The second-order valence-corrected chi connectivity index (χ2v) is 5.29. The van der Waals surface area contributed by atoms with Crippen molar-refractivity contribution in [3.63, 3.8) is 0 Å². The maximum Gasteiger partial charge on any atom is 0.262 e. The number of anilines is 1. The van der Waals surface area contributed by atoms with E-state index in [1.54, 1.807) is 36.5 Å². The number of carbonyl (C=O) groups is 1. The zero-order valence-corrected chi connectivity index (χ0v) is 13.4. The van der Waals surface area contributed by atoms with Gasteiger partial charge < -0.3 is 9.64 Å². The Balaban J connectivity index is 1.99. The molecular weight excluding hydrogens is 300 g/mol. The van der Waals surface area contributed by atoms with Gasteiger partial charge in [0.2, 0.25) is 0 Å². The van der Waals surface area contributed by atoms with Crippen LogP contribution in [-0.2, 0) is 6.54 Å². The Bertz CT molecular complexity index is 804. The Hall–Kier alpha value is -3.14. The predicted octanol–water partition coefficient (Wildman–Crippen LogP) is 3.94. The van der Waals surface area contributed by atoms with Crippen molar-refractivity contribution in [2.24, 2.45) is 0 Å². The number of aromatic nitrogens is 1. The molecule has 3 aromatic rings. The number of para-hydroxylation sites is 2. The Morgan fingerprint density at radius 2 is 1.75 bits per heavy atom. The fourth-order valence-corrected chi connectivity index (χ4v) is 2.53. The van der Waals surface area contributed by atoms with Crippen molar-refractivity contribution < 1.29 is 9.53 Å². The molecule has 0 bridgehead atoms. The molecule has 0 spiro atoms. The van der Waals surface area contributed by atoms with Crippen LogP contribution in [0.3, 0.4) is 0 Å². The normalized spacial score (nSPS) is 10.2. The molecule has 1 amide bonds. The summed E-state index contributed by atoms with van der Waals surface area (Å²) in [5.74, 6) is 0.456. The number of hydrogen-bond acceptors (Lipinski definition) is 3. The van der Waals surface area contributed by atoms with Crippen molar-refractivity contribution in [1.82, 2.24) is 4.98 Å². The highest BCUT2D eigenvalue weighted by Crippen LogP contribution is 2.24. The molecule has 0 saturated heterocycles. The highest BCUT2D eigenvalue weighted by atomic mass is 16.5. The summed E-state index contributed by atoms with van der Waals surface area (Å²) in [5, 5.41) is 0. The van der Waals surface area contributed by atoms with Gasteiger partial charge in [0, 0.05) is 18.1 Å². The molecule has 120 valence electrons. The molecule has 1 heterocycles. The number of methoxy groups -OCH3 is 1. The lowest BCUT2D eigenvalue weighted by atomic mass is 10.1. The molecule has 4 heteroatoms. The topological polar surface area (TPSA) is 42.4 Å². The monoisotopic (exact) mass is 318 g/mol. The molecule has 0 atom stereocenters. The minimum absolute atomic E-state index is 0.109. The number of pyridine rings is 1. The first-order valence-electron chi connectivity index (χ1n) is 7.68. The molecular formula is C20H18N2O2. The van der Waals surface area contributed by atoms with E-state index < -0.39 is 0 Å². The van der Waals surface area contributed by atoms with Gasteiger partial charge in [-0.15, -0.1) is 0 Å². The van der Waals surface area contributed by atoms with Crippen LogP contribution in [0.15, 0.2) is 79.1 Å². The smallest absolute Gasteiger partial charge is 0.262 e. The van der Waals surface area contributed by atoms with Crippen LogP contribution >= 0.6 is 0 Å². The molecule has 0 N–H and O–H groups in total. The average Bonchev–Trinajstić information content (AvgIpc) is 2.67. The fourth-order valence-electron chi connectivity index (χ4n) is 2.53. The van der Waals surface area contributed by atoms with Crippen LogP contribution in [0.5, 0.6) is 5.75 Å². The van der Waals surface area contributed by atoms with Gasteiger partial charge in [0.05, 0.1) is 19.2 Å². The number of carbonyl (C=O) groups excluding carboxylic acids is 1. The van der Waals surface area contributed by atoms with E-state index in [-0.39, 0.29) is 5.91 Å². The summed E-state index contributed by atoms with van der Waals surface area (Å²) in [7, 11) is 1.57. The Morgan fingerprint density at radius 1 is 1.00 bits per heavy atom. The van der Waals surface area contributed by atoms with E-state index in [0.29, 0.717) is 17.9 Å². The van der Waals surface area contributed by atoms with E-state index in [2.05, 4.69) is 4.98 Å².